The van der Waals surface area contributed by atoms with Crippen molar-refractivity contribution in [2.45, 2.75) is 39.2 Å². The number of nitrogens with zero attached hydrogens (tertiary/aromatic N) is 1. The highest BCUT2D eigenvalue weighted by atomic mass is 35.5. The molecule has 3 atom stereocenters. The van der Waals surface area contributed by atoms with Crippen molar-refractivity contribution in [3.8, 4) is 0 Å². The van der Waals surface area contributed by atoms with E-state index in [2.05, 4.69) is 13.8 Å². The molecule has 0 amide bonds. The fraction of sp³-hybridized carbons (Fsp3) is 0.615. The van der Waals surface area contributed by atoms with Gasteiger partial charge in [0, 0.05) is 12.2 Å². The first kappa shape index (κ1) is 12.5. The molecule has 0 aliphatic heterocycles. The predicted molar refractivity (Wildman–Crippen MR) is 67.6 cm³/mol. The molecule has 1 aromatic rings. The third kappa shape index (κ3) is 2.49. The number of aromatic nitrogens is 1. The molecule has 17 heavy (non-hydrogen) atoms. The normalized spacial score (nSPS) is 29.2. The molecule has 0 spiro atoms. The van der Waals surface area contributed by atoms with Crippen LogP contribution in [0, 0.1) is 11.8 Å². The van der Waals surface area contributed by atoms with Gasteiger partial charge in [0.2, 0.25) is 0 Å². The molecule has 1 aliphatic rings. The summed E-state index contributed by atoms with van der Waals surface area (Å²) in [6, 6.07) is 1.80. The maximum absolute atomic E-state index is 11.2. The van der Waals surface area contributed by atoms with Gasteiger partial charge in [0.1, 0.15) is 5.69 Å². The number of aromatic carboxylic acids is 1. The van der Waals surface area contributed by atoms with Crippen LogP contribution in [0.5, 0.6) is 0 Å². The number of rotatable bonds is 2. The number of carbonyl (C=O) groups is 1. The zero-order valence-corrected chi connectivity index (χ0v) is 10.9. The fourth-order valence-corrected chi connectivity index (χ4v) is 3.16. The van der Waals surface area contributed by atoms with E-state index >= 15 is 0 Å². The highest BCUT2D eigenvalue weighted by molar-refractivity contribution is 6.30. The smallest absolute Gasteiger partial charge is 0.352 e. The van der Waals surface area contributed by atoms with Crippen molar-refractivity contribution in [3.63, 3.8) is 0 Å². The molecule has 4 heteroatoms. The largest absolute Gasteiger partial charge is 0.477 e. The molecule has 0 saturated heterocycles. The lowest BCUT2D eigenvalue weighted by molar-refractivity contribution is 0.0676. The molecule has 2 rings (SSSR count). The van der Waals surface area contributed by atoms with Crippen LogP contribution in [0.2, 0.25) is 5.02 Å². The predicted octanol–water partition coefficient (Wildman–Crippen LogP) is 3.84. The number of carboxylic acids is 1. The van der Waals surface area contributed by atoms with Crippen LogP contribution in [-0.4, -0.2) is 15.6 Å². The topological polar surface area (TPSA) is 42.2 Å². The Morgan fingerprint density at radius 1 is 1.47 bits per heavy atom. The first-order valence-corrected chi connectivity index (χ1v) is 6.47. The van der Waals surface area contributed by atoms with E-state index in [0.717, 1.165) is 25.2 Å². The zero-order valence-electron chi connectivity index (χ0n) is 10.2. The average molecular weight is 256 g/mol. The molecule has 3 unspecified atom stereocenters. The molecule has 0 bridgehead atoms. The summed E-state index contributed by atoms with van der Waals surface area (Å²) in [6.07, 6.45) is 5.10. The standard InChI is InChI=1S/C13H18ClNO2/c1-8-3-4-11(9(2)5-8)15-7-10(14)6-12(15)13(16)17/h6-9,11H,3-5H2,1-2H3,(H,16,17). The number of halogens is 1. The van der Waals surface area contributed by atoms with Crippen molar-refractivity contribution in [2.24, 2.45) is 11.8 Å². The minimum absolute atomic E-state index is 0.268. The molecule has 1 N–H and O–H groups in total. The van der Waals surface area contributed by atoms with Crippen molar-refractivity contribution in [2.75, 3.05) is 0 Å². The highest BCUT2D eigenvalue weighted by Gasteiger charge is 2.29. The third-order valence-electron chi connectivity index (χ3n) is 3.78. The molecule has 1 aromatic heterocycles. The summed E-state index contributed by atoms with van der Waals surface area (Å²) in [5, 5.41) is 9.68. The maximum Gasteiger partial charge on any atom is 0.352 e. The van der Waals surface area contributed by atoms with Gasteiger partial charge < -0.3 is 9.67 Å². The molecule has 94 valence electrons. The molecule has 1 saturated carbocycles. The second-order valence-corrected chi connectivity index (χ2v) is 5.66. The van der Waals surface area contributed by atoms with E-state index in [1.165, 1.54) is 6.07 Å². The Labute approximate surface area is 106 Å². The van der Waals surface area contributed by atoms with Crippen LogP contribution in [0.15, 0.2) is 12.3 Å². The van der Waals surface area contributed by atoms with Gasteiger partial charge in [0.25, 0.3) is 0 Å². The van der Waals surface area contributed by atoms with Gasteiger partial charge in [-0.2, -0.15) is 0 Å². The molecule has 0 radical (unpaired) electrons. The number of carboxylic acid groups (broad SMARTS) is 1. The minimum atomic E-state index is -0.900. The van der Waals surface area contributed by atoms with Gasteiger partial charge in [-0.05, 0) is 37.2 Å². The summed E-state index contributed by atoms with van der Waals surface area (Å²) in [4.78, 5) is 11.2. The Kier molecular flexibility index (Phi) is 3.48. The van der Waals surface area contributed by atoms with Gasteiger partial charge in [0.05, 0.1) is 5.02 Å². The van der Waals surface area contributed by atoms with Crippen molar-refractivity contribution < 1.29 is 9.90 Å². The number of hydrogen-bond acceptors (Lipinski definition) is 1. The second kappa shape index (κ2) is 4.73. The first-order valence-electron chi connectivity index (χ1n) is 6.09. The van der Waals surface area contributed by atoms with Crippen molar-refractivity contribution >= 4 is 17.6 Å². The molecule has 1 fully saturated rings. The van der Waals surface area contributed by atoms with Gasteiger partial charge in [-0.25, -0.2) is 4.79 Å². The Bertz CT molecular complexity index is 427. The summed E-state index contributed by atoms with van der Waals surface area (Å²) in [5.41, 5.74) is 0.307. The van der Waals surface area contributed by atoms with Gasteiger partial charge in [-0.3, -0.25) is 0 Å². The van der Waals surface area contributed by atoms with E-state index in [4.69, 9.17) is 16.7 Å². The van der Waals surface area contributed by atoms with Gasteiger partial charge >= 0.3 is 5.97 Å². The average Bonchev–Trinajstić information content (AvgIpc) is 2.60. The Morgan fingerprint density at radius 2 is 2.18 bits per heavy atom. The molecule has 0 aromatic carbocycles. The zero-order chi connectivity index (χ0) is 12.6. The Balaban J connectivity index is 2.30. The summed E-state index contributed by atoms with van der Waals surface area (Å²) in [5.74, 6) is 0.337. The third-order valence-corrected chi connectivity index (χ3v) is 3.98. The van der Waals surface area contributed by atoms with Crippen LogP contribution in [0.4, 0.5) is 0 Å². The molecular weight excluding hydrogens is 238 g/mol. The molecule has 1 heterocycles. The minimum Gasteiger partial charge on any atom is -0.477 e. The molecule has 1 aliphatic carbocycles. The maximum atomic E-state index is 11.2. The van der Waals surface area contributed by atoms with Crippen LogP contribution < -0.4 is 0 Å². The second-order valence-electron chi connectivity index (χ2n) is 5.22. The van der Waals surface area contributed by atoms with Crippen molar-refractivity contribution in [3.05, 3.63) is 23.0 Å². The van der Waals surface area contributed by atoms with E-state index in [-0.39, 0.29) is 6.04 Å². The first-order chi connectivity index (χ1) is 7.99. The summed E-state index contributed by atoms with van der Waals surface area (Å²) >= 11 is 5.92. The number of hydrogen-bond donors (Lipinski definition) is 1. The lowest BCUT2D eigenvalue weighted by Crippen LogP contribution is -2.26. The van der Waals surface area contributed by atoms with Gasteiger partial charge in [-0.1, -0.05) is 25.4 Å². The van der Waals surface area contributed by atoms with E-state index in [0.29, 0.717) is 16.6 Å². The van der Waals surface area contributed by atoms with Gasteiger partial charge in [-0.15, -0.1) is 0 Å². The van der Waals surface area contributed by atoms with Crippen LogP contribution in [0.3, 0.4) is 0 Å². The fourth-order valence-electron chi connectivity index (χ4n) is 2.95. The lowest BCUT2D eigenvalue weighted by Gasteiger charge is -2.34. The van der Waals surface area contributed by atoms with E-state index in [1.54, 1.807) is 6.20 Å². The highest BCUT2D eigenvalue weighted by Crippen LogP contribution is 2.38. The van der Waals surface area contributed by atoms with E-state index in [9.17, 15) is 4.79 Å². The van der Waals surface area contributed by atoms with Gasteiger partial charge in [0.15, 0.2) is 0 Å². The lowest BCUT2D eigenvalue weighted by atomic mass is 9.79. The monoisotopic (exact) mass is 255 g/mol. The van der Waals surface area contributed by atoms with Crippen LogP contribution in [0.1, 0.15) is 49.6 Å². The van der Waals surface area contributed by atoms with E-state index < -0.39 is 5.97 Å². The molecule has 3 nitrogen and oxygen atoms in total. The SMILES string of the molecule is CC1CCC(n2cc(Cl)cc2C(=O)O)C(C)C1. The summed E-state index contributed by atoms with van der Waals surface area (Å²) in [7, 11) is 0. The molecular formula is C13H18ClNO2. The van der Waals surface area contributed by atoms with Crippen molar-refractivity contribution in [1.82, 2.24) is 4.57 Å². The summed E-state index contributed by atoms with van der Waals surface area (Å²) in [6.45, 7) is 4.45. The Hall–Kier alpha value is -0.960. The Morgan fingerprint density at radius 3 is 2.76 bits per heavy atom. The van der Waals surface area contributed by atoms with Crippen LogP contribution in [0.25, 0.3) is 0 Å². The van der Waals surface area contributed by atoms with Crippen LogP contribution >= 0.6 is 11.6 Å². The quantitative estimate of drug-likeness (QED) is 0.873. The van der Waals surface area contributed by atoms with Crippen LogP contribution in [-0.2, 0) is 0 Å². The van der Waals surface area contributed by atoms with Crippen molar-refractivity contribution in [1.29, 1.82) is 0 Å². The summed E-state index contributed by atoms with van der Waals surface area (Å²) < 4.78 is 1.85. The van der Waals surface area contributed by atoms with E-state index in [1.807, 2.05) is 4.57 Å².